The minimum Gasteiger partial charge on any atom is -0.397 e. The molecule has 0 bridgehead atoms. The molecule has 0 spiro atoms. The van der Waals surface area contributed by atoms with Crippen LogP contribution in [-0.4, -0.2) is 36.8 Å². The zero-order chi connectivity index (χ0) is 21.1. The number of allylic oxidation sites excluding steroid dienone is 6. The van der Waals surface area contributed by atoms with Crippen molar-refractivity contribution in [3.8, 4) is 0 Å². The summed E-state index contributed by atoms with van der Waals surface area (Å²) in [6.07, 6.45) is 13.9. The van der Waals surface area contributed by atoms with Gasteiger partial charge in [0, 0.05) is 31.1 Å². The Labute approximate surface area is 167 Å². The van der Waals surface area contributed by atoms with Gasteiger partial charge in [-0.3, -0.25) is 10.7 Å². The highest BCUT2D eigenvalue weighted by Crippen LogP contribution is 2.14. The first-order valence-electron chi connectivity index (χ1n) is 10.0. The Balaban J connectivity index is 0. The number of nitrogens with two attached hydrogens (primary N) is 1. The van der Waals surface area contributed by atoms with Crippen molar-refractivity contribution in [1.29, 1.82) is 0 Å². The maximum atomic E-state index is 8.70. The molecule has 1 rings (SSSR count). The summed E-state index contributed by atoms with van der Waals surface area (Å²) in [6, 6.07) is 0. The third-order valence-corrected chi connectivity index (χ3v) is 3.56. The van der Waals surface area contributed by atoms with Gasteiger partial charge in [-0.25, -0.2) is 0 Å². The normalized spacial score (nSPS) is 19.9. The van der Waals surface area contributed by atoms with E-state index in [0.717, 1.165) is 37.4 Å². The van der Waals surface area contributed by atoms with Crippen molar-refractivity contribution in [2.45, 2.75) is 47.5 Å². The van der Waals surface area contributed by atoms with Gasteiger partial charge in [-0.15, -0.1) is 0 Å². The monoisotopic (exact) mass is 378 g/mol. The molecule has 1 unspecified atom stereocenters. The summed E-state index contributed by atoms with van der Waals surface area (Å²) >= 11 is 0. The molecule has 5 heteroatoms. The van der Waals surface area contributed by atoms with Crippen molar-refractivity contribution in [2.75, 3.05) is 26.7 Å². The molecule has 0 amide bonds. The number of nitrogens with one attached hydrogen (secondary N) is 2. The molecule has 0 aromatic rings. The maximum Gasteiger partial charge on any atom is 0.0527 e. The number of rotatable bonds is 8. The summed E-state index contributed by atoms with van der Waals surface area (Å²) in [5, 5.41) is 12.1. The molecular weight excluding hydrogens is 336 g/mol. The van der Waals surface area contributed by atoms with Crippen molar-refractivity contribution in [2.24, 2.45) is 11.7 Å². The largest absolute Gasteiger partial charge is 0.397 e. The fraction of sp³-hybridized carbons (Fsp3) is 0.545. The zero-order valence-electron chi connectivity index (χ0n) is 18.3. The molecule has 0 aromatic carbocycles. The molecule has 27 heavy (non-hydrogen) atoms. The van der Waals surface area contributed by atoms with Crippen LogP contribution in [0.3, 0.4) is 0 Å². The lowest BCUT2D eigenvalue weighted by Crippen LogP contribution is -2.29. The van der Waals surface area contributed by atoms with E-state index in [-0.39, 0.29) is 5.92 Å². The Hall–Kier alpha value is -1.98. The molecule has 156 valence electrons. The number of likely N-dealkylation sites (N-methyl/N-ethyl adjacent to an activating group) is 1. The molecular formula is C22H42N4O. The van der Waals surface area contributed by atoms with Gasteiger partial charge in [0.05, 0.1) is 11.4 Å². The van der Waals surface area contributed by atoms with Crippen LogP contribution in [0.15, 0.2) is 60.1 Å². The van der Waals surface area contributed by atoms with Crippen molar-refractivity contribution < 1.29 is 5.21 Å². The van der Waals surface area contributed by atoms with Gasteiger partial charge in [0.25, 0.3) is 0 Å². The summed E-state index contributed by atoms with van der Waals surface area (Å²) in [7, 11) is 2.10. The molecule has 0 saturated heterocycles. The average Bonchev–Trinajstić information content (AvgIpc) is 2.68. The van der Waals surface area contributed by atoms with Crippen molar-refractivity contribution in [1.82, 2.24) is 15.7 Å². The minimum atomic E-state index is 0.136. The highest BCUT2D eigenvalue weighted by atomic mass is 16.5. The number of hydrogen-bond acceptors (Lipinski definition) is 5. The second-order valence-electron chi connectivity index (χ2n) is 6.03. The van der Waals surface area contributed by atoms with Gasteiger partial charge in [-0.1, -0.05) is 71.9 Å². The number of hydroxylamine groups is 1. The third-order valence-electron chi connectivity index (χ3n) is 3.56. The molecule has 1 aliphatic carbocycles. The molecule has 0 saturated carbocycles. The van der Waals surface area contributed by atoms with Gasteiger partial charge in [0.1, 0.15) is 0 Å². The first-order valence-corrected chi connectivity index (χ1v) is 10.0. The fourth-order valence-corrected chi connectivity index (χ4v) is 1.96. The lowest BCUT2D eigenvalue weighted by Gasteiger charge is -2.17. The smallest absolute Gasteiger partial charge is 0.0527 e. The van der Waals surface area contributed by atoms with Crippen LogP contribution in [0.25, 0.3) is 0 Å². The second-order valence-corrected chi connectivity index (χ2v) is 6.03. The van der Waals surface area contributed by atoms with Crippen LogP contribution in [-0.2, 0) is 0 Å². The molecule has 5 nitrogen and oxygen atoms in total. The van der Waals surface area contributed by atoms with Crippen LogP contribution in [0.1, 0.15) is 47.5 Å². The van der Waals surface area contributed by atoms with E-state index in [2.05, 4.69) is 56.8 Å². The van der Waals surface area contributed by atoms with Gasteiger partial charge in [-0.2, -0.15) is 0 Å². The summed E-state index contributed by atoms with van der Waals surface area (Å²) in [5.74, 6) is 0.136. The van der Waals surface area contributed by atoms with Crippen LogP contribution in [0.5, 0.6) is 0 Å². The Morgan fingerprint density at radius 3 is 2.52 bits per heavy atom. The Kier molecular flexibility index (Phi) is 19.0. The van der Waals surface area contributed by atoms with Gasteiger partial charge < -0.3 is 16.0 Å². The van der Waals surface area contributed by atoms with Gasteiger partial charge >= 0.3 is 0 Å². The van der Waals surface area contributed by atoms with Crippen molar-refractivity contribution in [3.63, 3.8) is 0 Å². The maximum absolute atomic E-state index is 8.70. The summed E-state index contributed by atoms with van der Waals surface area (Å²) in [6.45, 7) is 16.9. The molecule has 0 aliphatic heterocycles. The predicted octanol–water partition coefficient (Wildman–Crippen LogP) is 4.32. The van der Waals surface area contributed by atoms with Crippen LogP contribution in [0.4, 0.5) is 0 Å². The average molecular weight is 379 g/mol. The lowest BCUT2D eigenvalue weighted by atomic mass is 10.0. The van der Waals surface area contributed by atoms with Crippen LogP contribution in [0.2, 0.25) is 0 Å². The van der Waals surface area contributed by atoms with E-state index in [9.17, 15) is 0 Å². The molecule has 1 aliphatic rings. The van der Waals surface area contributed by atoms with Gasteiger partial charge in [-0.05, 0) is 25.7 Å². The van der Waals surface area contributed by atoms with Crippen molar-refractivity contribution in [3.05, 3.63) is 60.1 Å². The van der Waals surface area contributed by atoms with E-state index in [1.807, 2.05) is 37.6 Å². The molecule has 1 atom stereocenters. The summed E-state index contributed by atoms with van der Waals surface area (Å²) < 4.78 is 0. The molecule has 0 heterocycles. The minimum absolute atomic E-state index is 0.136. The highest BCUT2D eigenvalue weighted by Gasteiger charge is 2.05. The summed E-state index contributed by atoms with van der Waals surface area (Å²) in [4.78, 5) is 2.25. The van der Waals surface area contributed by atoms with E-state index >= 15 is 0 Å². The topological polar surface area (TPSA) is 73.5 Å². The Bertz CT molecular complexity index is 493. The van der Waals surface area contributed by atoms with Crippen LogP contribution < -0.4 is 16.5 Å². The number of nitrogens with zero attached hydrogens (tertiary/aromatic N) is 1. The second kappa shape index (κ2) is 18.8. The Morgan fingerprint density at radius 1 is 1.33 bits per heavy atom. The third kappa shape index (κ3) is 14.8. The first kappa shape index (κ1) is 27.2. The summed E-state index contributed by atoms with van der Waals surface area (Å²) in [5.41, 5.74) is 10.4. The molecule has 5 N–H and O–H groups in total. The number of hydrogen-bond donors (Lipinski definition) is 4. The van der Waals surface area contributed by atoms with E-state index in [1.54, 1.807) is 6.08 Å². The lowest BCUT2D eigenvalue weighted by molar-refractivity contribution is 0.205. The van der Waals surface area contributed by atoms with Crippen molar-refractivity contribution >= 4 is 0 Å². The Morgan fingerprint density at radius 2 is 1.96 bits per heavy atom. The quantitative estimate of drug-likeness (QED) is 0.287. The highest BCUT2D eigenvalue weighted by molar-refractivity contribution is 5.29. The fourth-order valence-electron chi connectivity index (χ4n) is 1.96. The van der Waals surface area contributed by atoms with Crippen LogP contribution >= 0.6 is 0 Å². The van der Waals surface area contributed by atoms with E-state index in [1.165, 1.54) is 6.42 Å². The van der Waals surface area contributed by atoms with Gasteiger partial charge in [0.2, 0.25) is 0 Å². The molecule has 0 aromatic heterocycles. The van der Waals surface area contributed by atoms with E-state index in [0.29, 0.717) is 5.70 Å². The van der Waals surface area contributed by atoms with E-state index < -0.39 is 0 Å². The SMILES string of the molecule is C=C(/C=C/C1C=C/C(N)=C(/NCCN(C)CC)C/C=C\1)NO.CC.CCC. The van der Waals surface area contributed by atoms with Gasteiger partial charge in [0.15, 0.2) is 0 Å². The molecule has 0 fully saturated rings. The predicted molar refractivity (Wildman–Crippen MR) is 119 cm³/mol. The zero-order valence-corrected chi connectivity index (χ0v) is 18.3. The first-order chi connectivity index (χ1) is 13.0. The van der Waals surface area contributed by atoms with Crippen LogP contribution in [0, 0.1) is 5.92 Å². The molecule has 0 radical (unpaired) electrons. The standard InChI is InChI=1S/C17H28N4O.C3H8.C2H6/c1-4-21(3)13-12-19-17-7-5-6-15(10-11-16(17)18)9-8-14(2)20-22;1-3-2;1-2/h5-6,8-11,15,19-20,22H,2,4,7,12-13,18H2,1,3H3;3H2,1-2H3;1-2H3/b6-5-,9-8+,11-10?,17-16-;;. The van der Waals surface area contributed by atoms with E-state index in [4.69, 9.17) is 10.9 Å².